The number of hydrogen-bond acceptors (Lipinski definition) is 3. The summed E-state index contributed by atoms with van der Waals surface area (Å²) >= 11 is 0. The van der Waals surface area contributed by atoms with Crippen LogP contribution in [0.2, 0.25) is 0 Å². The second-order valence-electron chi connectivity index (χ2n) is 6.80. The molecule has 0 aromatic carbocycles. The van der Waals surface area contributed by atoms with Gasteiger partial charge in [0.1, 0.15) is 0 Å². The number of nitrogens with one attached hydrogen (secondary N) is 1. The first-order valence-corrected chi connectivity index (χ1v) is 8.05. The van der Waals surface area contributed by atoms with Crippen LogP contribution in [0.4, 0.5) is 0 Å². The van der Waals surface area contributed by atoms with Crippen LogP contribution in [-0.4, -0.2) is 59.9 Å². The Labute approximate surface area is 119 Å². The molecule has 1 saturated carbocycles. The molecule has 3 aliphatic heterocycles. The summed E-state index contributed by atoms with van der Waals surface area (Å²) in [5.41, 5.74) is 0. The van der Waals surface area contributed by atoms with Crippen LogP contribution in [0.1, 0.15) is 32.1 Å². The van der Waals surface area contributed by atoms with Gasteiger partial charge in [0, 0.05) is 32.1 Å². The lowest BCUT2D eigenvalue weighted by Gasteiger charge is -2.39. The molecule has 0 bridgehead atoms. The number of amides is 2. The number of nitrogens with zero attached hydrogens (tertiary/aromatic N) is 2. The van der Waals surface area contributed by atoms with Gasteiger partial charge in [-0.3, -0.25) is 9.59 Å². The minimum atomic E-state index is 0.0474. The number of fused-ring (bicyclic) bond motifs is 2. The molecule has 1 N–H and O–H groups in total. The maximum absolute atomic E-state index is 12.8. The third-order valence-electron chi connectivity index (χ3n) is 5.82. The zero-order chi connectivity index (χ0) is 13.7. The summed E-state index contributed by atoms with van der Waals surface area (Å²) in [5.74, 6) is 1.85. The second-order valence-corrected chi connectivity index (χ2v) is 6.80. The molecule has 0 aromatic heterocycles. The van der Waals surface area contributed by atoms with Crippen LogP contribution in [0, 0.1) is 11.8 Å². The van der Waals surface area contributed by atoms with Crippen molar-refractivity contribution in [3.63, 3.8) is 0 Å². The van der Waals surface area contributed by atoms with Crippen molar-refractivity contribution in [3.8, 4) is 0 Å². The van der Waals surface area contributed by atoms with Gasteiger partial charge in [-0.2, -0.15) is 0 Å². The molecule has 5 nitrogen and oxygen atoms in total. The predicted molar refractivity (Wildman–Crippen MR) is 73.9 cm³/mol. The lowest BCUT2D eigenvalue weighted by Crippen LogP contribution is -2.57. The summed E-state index contributed by atoms with van der Waals surface area (Å²) in [6.07, 6.45) is 5.36. The summed E-state index contributed by atoms with van der Waals surface area (Å²) in [6, 6.07) is 0.326. The summed E-state index contributed by atoms with van der Waals surface area (Å²) in [4.78, 5) is 28.5. The number of carbonyl (C=O) groups is 2. The Kier molecular flexibility index (Phi) is 2.98. The molecule has 4 aliphatic rings. The van der Waals surface area contributed by atoms with E-state index in [1.54, 1.807) is 0 Å². The summed E-state index contributed by atoms with van der Waals surface area (Å²) in [7, 11) is 0. The van der Waals surface area contributed by atoms with Crippen LogP contribution in [0.5, 0.6) is 0 Å². The third-order valence-corrected chi connectivity index (χ3v) is 5.82. The third kappa shape index (κ3) is 1.86. The van der Waals surface area contributed by atoms with Gasteiger partial charge in [0.05, 0.1) is 6.04 Å². The summed E-state index contributed by atoms with van der Waals surface area (Å²) < 4.78 is 0. The van der Waals surface area contributed by atoms with E-state index >= 15 is 0 Å². The molecule has 2 amide bonds. The first-order valence-electron chi connectivity index (χ1n) is 8.05. The molecule has 4 unspecified atom stereocenters. The van der Waals surface area contributed by atoms with Crippen LogP contribution >= 0.6 is 0 Å². The van der Waals surface area contributed by atoms with Gasteiger partial charge in [-0.15, -0.1) is 0 Å². The highest BCUT2D eigenvalue weighted by atomic mass is 16.2. The van der Waals surface area contributed by atoms with Gasteiger partial charge < -0.3 is 15.1 Å². The average molecular weight is 277 g/mol. The number of piperazine rings is 1. The molecule has 5 heteroatoms. The van der Waals surface area contributed by atoms with Gasteiger partial charge in [-0.1, -0.05) is 6.42 Å². The van der Waals surface area contributed by atoms with Crippen LogP contribution in [-0.2, 0) is 9.59 Å². The van der Waals surface area contributed by atoms with Gasteiger partial charge in [0.2, 0.25) is 11.8 Å². The van der Waals surface area contributed by atoms with Crippen molar-refractivity contribution >= 4 is 11.8 Å². The van der Waals surface area contributed by atoms with Gasteiger partial charge in [-0.05, 0) is 37.6 Å². The molecule has 3 heterocycles. The van der Waals surface area contributed by atoms with E-state index in [2.05, 4.69) is 5.32 Å². The fourth-order valence-electron chi connectivity index (χ4n) is 4.72. The highest BCUT2D eigenvalue weighted by Crippen LogP contribution is 2.38. The van der Waals surface area contributed by atoms with E-state index in [1.807, 2.05) is 9.80 Å². The summed E-state index contributed by atoms with van der Waals surface area (Å²) in [5, 5.41) is 3.45. The van der Waals surface area contributed by atoms with Gasteiger partial charge in [-0.25, -0.2) is 0 Å². The predicted octanol–water partition coefficient (Wildman–Crippen LogP) is 0.208. The second kappa shape index (κ2) is 4.72. The molecular formula is C15H23N3O2. The van der Waals surface area contributed by atoms with Crippen LogP contribution in [0.3, 0.4) is 0 Å². The van der Waals surface area contributed by atoms with E-state index in [0.717, 1.165) is 38.5 Å². The van der Waals surface area contributed by atoms with Crippen molar-refractivity contribution in [2.75, 3.05) is 26.2 Å². The molecule has 3 saturated heterocycles. The molecule has 0 radical (unpaired) electrons. The van der Waals surface area contributed by atoms with Crippen LogP contribution in [0.15, 0.2) is 0 Å². The Morgan fingerprint density at radius 3 is 3.00 bits per heavy atom. The van der Waals surface area contributed by atoms with E-state index in [0.29, 0.717) is 18.2 Å². The lowest BCUT2D eigenvalue weighted by atomic mass is 9.93. The molecular weight excluding hydrogens is 254 g/mol. The largest absolute Gasteiger partial charge is 0.337 e. The molecule has 4 atom stereocenters. The Balaban J connectivity index is 1.43. The fourth-order valence-corrected chi connectivity index (χ4v) is 4.72. The zero-order valence-corrected chi connectivity index (χ0v) is 11.9. The molecule has 0 spiro atoms. The van der Waals surface area contributed by atoms with Crippen molar-refractivity contribution in [2.45, 2.75) is 44.2 Å². The Hall–Kier alpha value is -1.10. The molecule has 4 fully saturated rings. The lowest BCUT2D eigenvalue weighted by molar-refractivity contribution is -0.141. The summed E-state index contributed by atoms with van der Waals surface area (Å²) in [6.45, 7) is 3.22. The van der Waals surface area contributed by atoms with Crippen molar-refractivity contribution < 1.29 is 9.59 Å². The highest BCUT2D eigenvalue weighted by molar-refractivity contribution is 5.84. The van der Waals surface area contributed by atoms with Crippen molar-refractivity contribution in [2.24, 2.45) is 11.8 Å². The monoisotopic (exact) mass is 277 g/mol. The minimum absolute atomic E-state index is 0.0474. The molecule has 20 heavy (non-hydrogen) atoms. The van der Waals surface area contributed by atoms with E-state index in [4.69, 9.17) is 0 Å². The Morgan fingerprint density at radius 1 is 1.20 bits per heavy atom. The highest BCUT2D eigenvalue weighted by Gasteiger charge is 2.45. The van der Waals surface area contributed by atoms with Crippen LogP contribution in [0.25, 0.3) is 0 Å². The molecule has 1 aliphatic carbocycles. The van der Waals surface area contributed by atoms with E-state index < -0.39 is 0 Å². The number of carbonyl (C=O) groups excluding carboxylic acids is 2. The Morgan fingerprint density at radius 2 is 2.10 bits per heavy atom. The number of rotatable bonds is 1. The van der Waals surface area contributed by atoms with Crippen molar-refractivity contribution in [1.29, 1.82) is 0 Å². The minimum Gasteiger partial charge on any atom is -0.337 e. The Bertz CT molecular complexity index is 439. The maximum Gasteiger partial charge on any atom is 0.240 e. The quantitative estimate of drug-likeness (QED) is 0.745. The molecule has 4 rings (SSSR count). The maximum atomic E-state index is 12.8. The van der Waals surface area contributed by atoms with E-state index in [9.17, 15) is 9.59 Å². The molecule has 0 aromatic rings. The molecule has 110 valence electrons. The van der Waals surface area contributed by atoms with Crippen molar-refractivity contribution in [3.05, 3.63) is 0 Å². The number of hydrogen-bond donors (Lipinski definition) is 1. The van der Waals surface area contributed by atoms with Crippen molar-refractivity contribution in [1.82, 2.24) is 15.1 Å². The zero-order valence-electron chi connectivity index (χ0n) is 11.9. The average Bonchev–Trinajstić information content (AvgIpc) is 3.13. The fraction of sp³-hybridized carbons (Fsp3) is 0.867. The normalized spacial score (nSPS) is 40.1. The van der Waals surface area contributed by atoms with Gasteiger partial charge in [0.25, 0.3) is 0 Å². The van der Waals surface area contributed by atoms with Gasteiger partial charge in [0.15, 0.2) is 0 Å². The van der Waals surface area contributed by atoms with Gasteiger partial charge >= 0.3 is 0 Å². The standard InChI is InChI=1S/C15H23N3O2/c19-13-5-4-11-9-17(6-7-18(11)13)15(20)14-12-3-1-2-10(12)8-16-14/h10-12,14,16H,1-9H2. The topological polar surface area (TPSA) is 52.7 Å². The van der Waals surface area contributed by atoms with E-state index in [-0.39, 0.29) is 18.0 Å². The first kappa shape index (κ1) is 12.6. The smallest absolute Gasteiger partial charge is 0.240 e. The first-order chi connectivity index (χ1) is 9.74. The van der Waals surface area contributed by atoms with Crippen LogP contribution < -0.4 is 5.32 Å². The SMILES string of the molecule is O=C(C1NCC2CCCC21)N1CCN2C(=O)CCC2C1. The van der Waals surface area contributed by atoms with E-state index in [1.165, 1.54) is 19.3 Å².